The summed E-state index contributed by atoms with van der Waals surface area (Å²) in [5.41, 5.74) is 6.37. The van der Waals surface area contributed by atoms with Crippen molar-refractivity contribution in [2.24, 2.45) is 0 Å². The van der Waals surface area contributed by atoms with Crippen LogP contribution in [0.3, 0.4) is 0 Å². The minimum Gasteiger partial charge on any atom is -0.488 e. The van der Waals surface area contributed by atoms with E-state index in [-0.39, 0.29) is 0 Å². The topological polar surface area (TPSA) is 9.23 Å². The molecule has 0 saturated carbocycles. The highest BCUT2D eigenvalue weighted by Gasteiger charge is 2.12. The molecule has 110 valence electrons. The summed E-state index contributed by atoms with van der Waals surface area (Å²) >= 11 is 9.54. The Balaban J connectivity index is 1.79. The van der Waals surface area contributed by atoms with E-state index in [0.717, 1.165) is 21.3 Å². The maximum Gasteiger partial charge on any atom is 0.127 e. The average molecular weight is 366 g/mol. The highest BCUT2D eigenvalue weighted by molar-refractivity contribution is 9.10. The molecule has 3 rings (SSSR count). The number of aryl methyl sites for hydroxylation is 3. The Morgan fingerprint density at radius 3 is 2.76 bits per heavy atom. The van der Waals surface area contributed by atoms with E-state index in [4.69, 9.17) is 16.3 Å². The van der Waals surface area contributed by atoms with E-state index in [0.29, 0.717) is 12.5 Å². The summed E-state index contributed by atoms with van der Waals surface area (Å²) in [6.07, 6.45) is 3.70. The molecule has 2 aromatic rings. The van der Waals surface area contributed by atoms with Crippen LogP contribution in [0.15, 0.2) is 34.8 Å². The van der Waals surface area contributed by atoms with Crippen molar-refractivity contribution >= 4 is 27.5 Å². The molecule has 1 nitrogen and oxygen atoms in total. The highest BCUT2D eigenvalue weighted by Crippen LogP contribution is 2.30. The molecular formula is C18H18BrClO. The van der Waals surface area contributed by atoms with Gasteiger partial charge in [0.15, 0.2) is 0 Å². The number of fused-ring (bicyclic) bond motifs is 1. The molecule has 1 aliphatic carbocycles. The van der Waals surface area contributed by atoms with Gasteiger partial charge in [0.1, 0.15) is 12.4 Å². The Hall–Kier alpha value is -0.990. The van der Waals surface area contributed by atoms with E-state index in [2.05, 4.69) is 47.1 Å². The van der Waals surface area contributed by atoms with E-state index < -0.39 is 0 Å². The fourth-order valence-electron chi connectivity index (χ4n) is 2.98. The molecule has 0 saturated heterocycles. The van der Waals surface area contributed by atoms with Crippen LogP contribution in [-0.4, -0.2) is 0 Å². The molecule has 0 amide bonds. The first-order chi connectivity index (χ1) is 10.2. The number of benzene rings is 2. The van der Waals surface area contributed by atoms with Gasteiger partial charge in [-0.05, 0) is 60.6 Å². The van der Waals surface area contributed by atoms with Crippen molar-refractivity contribution < 1.29 is 4.74 Å². The lowest BCUT2D eigenvalue weighted by Gasteiger charge is -2.14. The quantitative estimate of drug-likeness (QED) is 0.644. The smallest absolute Gasteiger partial charge is 0.127 e. The van der Waals surface area contributed by atoms with E-state index in [9.17, 15) is 0 Å². The van der Waals surface area contributed by atoms with Crippen LogP contribution in [0.2, 0.25) is 0 Å². The summed E-state index contributed by atoms with van der Waals surface area (Å²) < 4.78 is 7.10. The first kappa shape index (κ1) is 14.9. The Labute approximate surface area is 139 Å². The zero-order valence-corrected chi connectivity index (χ0v) is 14.4. The van der Waals surface area contributed by atoms with E-state index >= 15 is 0 Å². The molecule has 0 N–H and O–H groups in total. The SMILES string of the molecule is Cc1cc(Br)cc(CCl)c1OCc1ccc2c(c1)CCC2. The molecule has 0 bridgehead atoms. The Morgan fingerprint density at radius 1 is 1.14 bits per heavy atom. The van der Waals surface area contributed by atoms with E-state index in [1.165, 1.54) is 36.0 Å². The van der Waals surface area contributed by atoms with Gasteiger partial charge < -0.3 is 4.74 Å². The monoisotopic (exact) mass is 364 g/mol. The molecule has 0 aromatic heterocycles. The van der Waals surface area contributed by atoms with Crippen molar-refractivity contribution in [3.8, 4) is 5.75 Å². The molecule has 0 unspecified atom stereocenters. The van der Waals surface area contributed by atoms with Gasteiger partial charge in [-0.2, -0.15) is 0 Å². The summed E-state index contributed by atoms with van der Waals surface area (Å²) in [6.45, 7) is 2.65. The lowest BCUT2D eigenvalue weighted by atomic mass is 10.1. The van der Waals surface area contributed by atoms with Crippen LogP contribution >= 0.6 is 27.5 Å². The van der Waals surface area contributed by atoms with Gasteiger partial charge >= 0.3 is 0 Å². The van der Waals surface area contributed by atoms with Gasteiger partial charge in [-0.25, -0.2) is 0 Å². The molecule has 2 aromatic carbocycles. The fourth-order valence-corrected chi connectivity index (χ4v) is 3.79. The molecule has 3 heteroatoms. The second-order valence-electron chi connectivity index (χ2n) is 5.59. The van der Waals surface area contributed by atoms with Gasteiger partial charge in [0.2, 0.25) is 0 Å². The van der Waals surface area contributed by atoms with Crippen molar-refractivity contribution in [2.45, 2.75) is 38.7 Å². The predicted octanol–water partition coefficient (Wildman–Crippen LogP) is 5.56. The number of hydrogen-bond donors (Lipinski definition) is 0. The van der Waals surface area contributed by atoms with Gasteiger partial charge in [0, 0.05) is 10.0 Å². The average Bonchev–Trinajstić information content (AvgIpc) is 2.93. The zero-order chi connectivity index (χ0) is 14.8. The zero-order valence-electron chi connectivity index (χ0n) is 12.1. The lowest BCUT2D eigenvalue weighted by Crippen LogP contribution is -2.01. The minimum atomic E-state index is 0.458. The van der Waals surface area contributed by atoms with Gasteiger partial charge in [0.25, 0.3) is 0 Å². The molecular weight excluding hydrogens is 348 g/mol. The van der Waals surface area contributed by atoms with Crippen molar-refractivity contribution in [2.75, 3.05) is 0 Å². The van der Waals surface area contributed by atoms with Crippen LogP contribution in [0.4, 0.5) is 0 Å². The van der Waals surface area contributed by atoms with E-state index in [1.54, 1.807) is 0 Å². The molecule has 0 spiro atoms. The van der Waals surface area contributed by atoms with Crippen molar-refractivity contribution in [3.63, 3.8) is 0 Å². The maximum absolute atomic E-state index is 6.05. The van der Waals surface area contributed by atoms with Crippen LogP contribution in [0.5, 0.6) is 5.75 Å². The third-order valence-electron chi connectivity index (χ3n) is 4.01. The van der Waals surface area contributed by atoms with Crippen LogP contribution < -0.4 is 4.74 Å². The minimum absolute atomic E-state index is 0.458. The van der Waals surface area contributed by atoms with Crippen molar-refractivity contribution in [1.29, 1.82) is 0 Å². The van der Waals surface area contributed by atoms with Gasteiger partial charge in [-0.1, -0.05) is 34.1 Å². The number of ether oxygens (including phenoxy) is 1. The molecule has 0 atom stereocenters. The number of rotatable bonds is 4. The first-order valence-corrected chi connectivity index (χ1v) is 8.58. The Morgan fingerprint density at radius 2 is 1.95 bits per heavy atom. The van der Waals surface area contributed by atoms with Crippen molar-refractivity contribution in [3.05, 3.63) is 62.6 Å². The van der Waals surface area contributed by atoms with Gasteiger partial charge in [-0.3, -0.25) is 0 Å². The molecule has 1 aliphatic rings. The number of halogens is 2. The van der Waals surface area contributed by atoms with Crippen LogP contribution in [0.1, 0.15) is 34.2 Å². The fraction of sp³-hybridized carbons (Fsp3) is 0.333. The van der Waals surface area contributed by atoms with E-state index in [1.807, 2.05) is 6.07 Å². The van der Waals surface area contributed by atoms with Gasteiger partial charge in [0.05, 0.1) is 5.88 Å². The second kappa shape index (κ2) is 6.41. The summed E-state index contributed by atoms with van der Waals surface area (Å²) in [6, 6.07) is 10.8. The van der Waals surface area contributed by atoms with Gasteiger partial charge in [-0.15, -0.1) is 11.6 Å². The lowest BCUT2D eigenvalue weighted by molar-refractivity contribution is 0.301. The molecule has 0 aliphatic heterocycles. The normalized spacial score (nSPS) is 13.3. The van der Waals surface area contributed by atoms with Crippen LogP contribution in [0, 0.1) is 6.92 Å². The number of hydrogen-bond acceptors (Lipinski definition) is 1. The second-order valence-corrected chi connectivity index (χ2v) is 6.77. The highest BCUT2D eigenvalue weighted by atomic mass is 79.9. The summed E-state index contributed by atoms with van der Waals surface area (Å²) in [5.74, 6) is 1.37. The summed E-state index contributed by atoms with van der Waals surface area (Å²) in [7, 11) is 0. The third kappa shape index (κ3) is 3.27. The standard InChI is InChI=1S/C18H18BrClO/c1-12-7-17(19)9-16(10-20)18(12)21-11-13-5-6-14-3-2-4-15(14)8-13/h5-9H,2-4,10-11H2,1H3. The molecule has 21 heavy (non-hydrogen) atoms. The van der Waals surface area contributed by atoms with Crippen molar-refractivity contribution in [1.82, 2.24) is 0 Å². The Bertz CT molecular complexity index is 667. The molecule has 0 heterocycles. The number of alkyl halides is 1. The maximum atomic E-state index is 6.05. The summed E-state index contributed by atoms with van der Waals surface area (Å²) in [5, 5.41) is 0. The summed E-state index contributed by atoms with van der Waals surface area (Å²) in [4.78, 5) is 0. The Kier molecular flexibility index (Phi) is 4.56. The van der Waals surface area contributed by atoms with Crippen LogP contribution in [0.25, 0.3) is 0 Å². The molecule has 0 fully saturated rings. The molecule has 0 radical (unpaired) electrons. The third-order valence-corrected chi connectivity index (χ3v) is 4.75. The largest absolute Gasteiger partial charge is 0.488 e. The predicted molar refractivity (Wildman–Crippen MR) is 91.2 cm³/mol. The van der Waals surface area contributed by atoms with Crippen LogP contribution in [-0.2, 0) is 25.3 Å². The first-order valence-electron chi connectivity index (χ1n) is 7.26.